The van der Waals surface area contributed by atoms with Gasteiger partial charge in [-0.15, -0.1) is 0 Å². The van der Waals surface area contributed by atoms with Gasteiger partial charge in [-0.25, -0.2) is 9.49 Å². The molecule has 3 N–H and O–H groups in total. The number of anilines is 2. The Hall–Kier alpha value is -3.70. The van der Waals surface area contributed by atoms with Gasteiger partial charge in [-0.1, -0.05) is 36.4 Å². The van der Waals surface area contributed by atoms with Crippen molar-refractivity contribution in [1.82, 2.24) is 15.2 Å². The molecular formula is C19H14ClFN6O. The van der Waals surface area contributed by atoms with Gasteiger partial charge in [0.25, 0.3) is 5.91 Å². The van der Waals surface area contributed by atoms with Crippen LogP contribution < -0.4 is 10.6 Å². The molecule has 0 fully saturated rings. The highest BCUT2D eigenvalue weighted by atomic mass is 35.5. The summed E-state index contributed by atoms with van der Waals surface area (Å²) in [5, 5.41) is 21.4. The third-order valence-corrected chi connectivity index (χ3v) is 4.12. The van der Waals surface area contributed by atoms with Crippen molar-refractivity contribution in [3.63, 3.8) is 0 Å². The number of halogens is 2. The Balaban J connectivity index is 1.72. The minimum atomic E-state index is -0.584. The van der Waals surface area contributed by atoms with Gasteiger partial charge in [-0.05, 0) is 24.3 Å². The van der Waals surface area contributed by atoms with Crippen molar-refractivity contribution in [1.29, 1.82) is 5.26 Å². The van der Waals surface area contributed by atoms with E-state index in [4.69, 9.17) is 16.9 Å². The van der Waals surface area contributed by atoms with Crippen molar-refractivity contribution in [3.05, 3.63) is 71.0 Å². The van der Waals surface area contributed by atoms with E-state index in [1.807, 2.05) is 0 Å². The number of nitrogens with one attached hydrogen (secondary N) is 3. The van der Waals surface area contributed by atoms with Gasteiger partial charge in [0.1, 0.15) is 17.5 Å². The van der Waals surface area contributed by atoms with Crippen molar-refractivity contribution in [3.8, 4) is 17.5 Å². The maximum absolute atomic E-state index is 13.8. The Morgan fingerprint density at radius 2 is 2.11 bits per heavy atom. The molecule has 1 heterocycles. The van der Waals surface area contributed by atoms with Crippen molar-refractivity contribution in [2.45, 2.75) is 6.54 Å². The number of hydrogen-bond donors (Lipinski definition) is 3. The van der Waals surface area contributed by atoms with Crippen molar-refractivity contribution >= 4 is 29.1 Å². The second kappa shape index (κ2) is 8.33. The van der Waals surface area contributed by atoms with Gasteiger partial charge in [0, 0.05) is 28.4 Å². The highest BCUT2D eigenvalue weighted by Gasteiger charge is 2.11. The summed E-state index contributed by atoms with van der Waals surface area (Å²) in [7, 11) is 0. The maximum atomic E-state index is 13.8. The molecule has 0 aliphatic heterocycles. The Bertz CT molecular complexity index is 1070. The fourth-order valence-electron chi connectivity index (χ4n) is 2.34. The summed E-state index contributed by atoms with van der Waals surface area (Å²) in [4.78, 5) is 16.0. The zero-order valence-corrected chi connectivity index (χ0v) is 15.2. The number of aromatic nitrogens is 3. The van der Waals surface area contributed by atoms with E-state index in [2.05, 4.69) is 32.4 Å². The molecule has 2 aromatic carbocycles. The molecule has 1 amide bonds. The van der Waals surface area contributed by atoms with Gasteiger partial charge in [0.15, 0.2) is 5.82 Å². The highest BCUT2D eigenvalue weighted by Crippen LogP contribution is 2.22. The number of hydrogen-bond acceptors (Lipinski definition) is 5. The van der Waals surface area contributed by atoms with E-state index >= 15 is 0 Å². The molecular weight excluding hydrogens is 383 g/mol. The lowest BCUT2D eigenvalue weighted by molar-refractivity contribution is -0.112. The average molecular weight is 397 g/mol. The summed E-state index contributed by atoms with van der Waals surface area (Å²) < 4.78 is 13.8. The molecule has 1 aromatic heterocycles. The molecule has 0 spiro atoms. The number of carbonyl (C=O) groups is 1. The normalized spacial score (nSPS) is 10.2. The van der Waals surface area contributed by atoms with Crippen LogP contribution >= 0.6 is 11.6 Å². The second-order valence-electron chi connectivity index (χ2n) is 5.69. The summed E-state index contributed by atoms with van der Waals surface area (Å²) in [6, 6.07) is 12.9. The average Bonchev–Trinajstić information content (AvgIpc) is 3.16. The largest absolute Gasteiger partial charge is 0.350 e. The lowest BCUT2D eigenvalue weighted by atomic mass is 10.2. The molecule has 0 saturated carbocycles. The highest BCUT2D eigenvalue weighted by molar-refractivity contribution is 6.31. The number of nitrogens with zero attached hydrogens (tertiary/aromatic N) is 3. The smallest absolute Gasteiger partial charge is 0.265 e. The lowest BCUT2D eigenvalue weighted by Crippen LogP contribution is -2.12. The summed E-state index contributed by atoms with van der Waals surface area (Å²) in [6.45, 7) is 3.50. The van der Waals surface area contributed by atoms with Crippen LogP contribution in [0.15, 0.2) is 54.6 Å². The monoisotopic (exact) mass is 396 g/mol. The summed E-state index contributed by atoms with van der Waals surface area (Å²) in [6.07, 6.45) is 0. The standard InChI is InChI=1S/C19H14ClFN6O/c1-11(9-22)18(28)24-13-5-2-4-12(8-13)17-25-19(27-26-17)23-10-14-15(20)6-3-7-16(14)21/h2-8H,1,10H2,(H,24,28)(H2,23,25,26,27). The number of rotatable bonds is 6. The summed E-state index contributed by atoms with van der Waals surface area (Å²) in [5.41, 5.74) is 1.23. The zero-order chi connectivity index (χ0) is 20.1. The molecule has 0 bridgehead atoms. The van der Waals surface area contributed by atoms with Crippen molar-refractivity contribution in [2.75, 3.05) is 10.6 Å². The van der Waals surface area contributed by atoms with Crippen LogP contribution in [0.5, 0.6) is 0 Å². The molecule has 0 aliphatic carbocycles. The predicted octanol–water partition coefficient (Wildman–Crippen LogP) is 3.89. The lowest BCUT2D eigenvalue weighted by Gasteiger charge is -2.06. The number of benzene rings is 2. The number of H-pyrrole nitrogens is 1. The number of carbonyl (C=O) groups excluding carboxylic acids is 1. The topological polar surface area (TPSA) is 106 Å². The number of amides is 1. The molecule has 9 heteroatoms. The Morgan fingerprint density at radius 3 is 2.86 bits per heavy atom. The molecule has 0 atom stereocenters. The first-order valence-corrected chi connectivity index (χ1v) is 8.45. The first-order valence-electron chi connectivity index (χ1n) is 8.08. The first-order chi connectivity index (χ1) is 13.5. The molecule has 0 saturated heterocycles. The molecule has 0 radical (unpaired) electrons. The summed E-state index contributed by atoms with van der Waals surface area (Å²) >= 11 is 6.00. The SMILES string of the molecule is C=C(C#N)C(=O)Nc1cccc(-c2n[nH]c(NCc3c(F)cccc3Cl)n2)c1. The van der Waals surface area contributed by atoms with E-state index in [9.17, 15) is 9.18 Å². The van der Waals surface area contributed by atoms with Gasteiger partial charge >= 0.3 is 0 Å². The first kappa shape index (κ1) is 19.1. The number of aromatic amines is 1. The van der Waals surface area contributed by atoms with Crippen LogP contribution in [0.2, 0.25) is 5.02 Å². The van der Waals surface area contributed by atoms with Gasteiger partial charge < -0.3 is 10.6 Å². The van der Waals surface area contributed by atoms with Crippen molar-refractivity contribution < 1.29 is 9.18 Å². The van der Waals surface area contributed by atoms with E-state index in [0.717, 1.165) is 0 Å². The molecule has 0 aliphatic rings. The van der Waals surface area contributed by atoms with Crippen LogP contribution in [0.4, 0.5) is 16.0 Å². The molecule has 28 heavy (non-hydrogen) atoms. The fraction of sp³-hybridized carbons (Fsp3) is 0.0526. The molecule has 3 aromatic rings. The summed E-state index contributed by atoms with van der Waals surface area (Å²) in [5.74, 6) is -0.292. The zero-order valence-electron chi connectivity index (χ0n) is 14.5. The van der Waals surface area contributed by atoms with Crippen LogP contribution in [0.1, 0.15) is 5.56 Å². The Labute approximate surface area is 164 Å². The fourth-order valence-corrected chi connectivity index (χ4v) is 2.57. The second-order valence-corrected chi connectivity index (χ2v) is 6.09. The minimum absolute atomic E-state index is 0.131. The van der Waals surface area contributed by atoms with E-state index < -0.39 is 11.7 Å². The van der Waals surface area contributed by atoms with Gasteiger partial charge in [0.05, 0.1) is 0 Å². The minimum Gasteiger partial charge on any atom is -0.350 e. The van der Waals surface area contributed by atoms with Gasteiger partial charge in [0.2, 0.25) is 5.95 Å². The van der Waals surface area contributed by atoms with Crippen LogP contribution in [-0.2, 0) is 11.3 Å². The molecule has 0 unspecified atom stereocenters. The van der Waals surface area contributed by atoms with Crippen LogP contribution in [-0.4, -0.2) is 21.1 Å². The predicted molar refractivity (Wildman–Crippen MR) is 104 cm³/mol. The third kappa shape index (κ3) is 4.34. The quantitative estimate of drug-likeness (QED) is 0.433. The Kier molecular flexibility index (Phi) is 5.67. The molecule has 140 valence electrons. The van der Waals surface area contributed by atoms with E-state index in [-0.39, 0.29) is 12.1 Å². The third-order valence-electron chi connectivity index (χ3n) is 3.77. The van der Waals surface area contributed by atoms with E-state index in [1.54, 1.807) is 36.4 Å². The number of nitriles is 1. The van der Waals surface area contributed by atoms with E-state index in [1.165, 1.54) is 12.1 Å². The van der Waals surface area contributed by atoms with Crippen LogP contribution in [0, 0.1) is 17.1 Å². The van der Waals surface area contributed by atoms with Gasteiger partial charge in [-0.2, -0.15) is 15.3 Å². The van der Waals surface area contributed by atoms with Gasteiger partial charge in [-0.3, -0.25) is 4.79 Å². The van der Waals surface area contributed by atoms with Crippen molar-refractivity contribution in [2.24, 2.45) is 0 Å². The van der Waals surface area contributed by atoms with E-state index in [0.29, 0.717) is 33.6 Å². The Morgan fingerprint density at radius 1 is 1.32 bits per heavy atom. The van der Waals surface area contributed by atoms with Crippen LogP contribution in [0.25, 0.3) is 11.4 Å². The molecule has 7 nitrogen and oxygen atoms in total. The molecule has 3 rings (SSSR count). The maximum Gasteiger partial charge on any atom is 0.265 e. The van der Waals surface area contributed by atoms with Crippen LogP contribution in [0.3, 0.4) is 0 Å².